The topological polar surface area (TPSA) is 67.2 Å². The summed E-state index contributed by atoms with van der Waals surface area (Å²) >= 11 is 1.48. The molecular formula is C20H23N3O2S. The van der Waals surface area contributed by atoms with Gasteiger partial charge in [-0.25, -0.2) is 0 Å². The maximum Gasteiger partial charge on any atom is 0.261 e. The average molecular weight is 369 g/mol. The summed E-state index contributed by atoms with van der Waals surface area (Å²) in [5, 5.41) is 18.6. The number of fused-ring (bicyclic) bond motifs is 1. The molecule has 1 aliphatic rings. The molecule has 0 aliphatic heterocycles. The lowest BCUT2D eigenvalue weighted by atomic mass is 9.64. The normalized spacial score (nSPS) is 21.5. The van der Waals surface area contributed by atoms with Crippen LogP contribution in [0.1, 0.15) is 41.2 Å². The lowest BCUT2D eigenvalue weighted by Crippen LogP contribution is -2.61. The molecule has 4 rings (SSSR count). The van der Waals surface area contributed by atoms with Crippen LogP contribution in [0.15, 0.2) is 36.4 Å². The minimum Gasteiger partial charge on any atom is -0.392 e. The summed E-state index contributed by atoms with van der Waals surface area (Å²) in [5.41, 5.74) is 1.85. The van der Waals surface area contributed by atoms with Gasteiger partial charge in [0.1, 0.15) is 4.83 Å². The molecule has 2 heterocycles. The van der Waals surface area contributed by atoms with Crippen LogP contribution in [-0.2, 0) is 6.54 Å². The molecule has 2 atom stereocenters. The standard InChI is InChI=1S/C20H23N3O2S/c1-12-14-9-15(18(25)21-16-10-17(24)20(16,2)3)26-19(14)23(22-12)11-13-7-5-4-6-8-13/h4-9,16-17,24H,10-11H2,1-3H3,(H,21,25). The fourth-order valence-electron chi connectivity index (χ4n) is 3.46. The number of aryl methyl sites for hydroxylation is 1. The Hall–Kier alpha value is -2.18. The first-order chi connectivity index (χ1) is 12.4. The number of nitrogens with one attached hydrogen (secondary N) is 1. The van der Waals surface area contributed by atoms with Crippen LogP contribution < -0.4 is 5.32 Å². The maximum atomic E-state index is 12.7. The van der Waals surface area contributed by atoms with Gasteiger partial charge in [0.05, 0.1) is 23.2 Å². The average Bonchev–Trinajstić information content (AvgIpc) is 3.17. The molecule has 6 heteroatoms. The number of carbonyl (C=O) groups is 1. The van der Waals surface area contributed by atoms with E-state index >= 15 is 0 Å². The third-order valence-electron chi connectivity index (χ3n) is 5.53. The Kier molecular flexibility index (Phi) is 4.12. The molecule has 5 nitrogen and oxygen atoms in total. The molecule has 1 aliphatic carbocycles. The van der Waals surface area contributed by atoms with Gasteiger partial charge in [0.2, 0.25) is 0 Å². The van der Waals surface area contributed by atoms with Crippen LogP contribution in [0.4, 0.5) is 0 Å². The lowest BCUT2D eigenvalue weighted by Gasteiger charge is -2.49. The summed E-state index contributed by atoms with van der Waals surface area (Å²) in [7, 11) is 0. The fraction of sp³-hybridized carbons (Fsp3) is 0.400. The van der Waals surface area contributed by atoms with Crippen molar-refractivity contribution in [2.45, 2.75) is 45.9 Å². The highest BCUT2D eigenvalue weighted by Crippen LogP contribution is 2.40. The van der Waals surface area contributed by atoms with Gasteiger partial charge in [0.25, 0.3) is 5.91 Å². The Bertz CT molecular complexity index is 958. The molecule has 0 saturated heterocycles. The fourth-order valence-corrected chi connectivity index (χ4v) is 4.53. The van der Waals surface area contributed by atoms with Crippen LogP contribution in [-0.4, -0.2) is 32.9 Å². The molecule has 0 radical (unpaired) electrons. The van der Waals surface area contributed by atoms with Crippen molar-refractivity contribution in [3.8, 4) is 0 Å². The smallest absolute Gasteiger partial charge is 0.261 e. The predicted octanol–water partition coefficient (Wildman–Crippen LogP) is 3.34. The molecule has 26 heavy (non-hydrogen) atoms. The molecule has 0 bridgehead atoms. The highest BCUT2D eigenvalue weighted by Gasteiger charge is 2.48. The summed E-state index contributed by atoms with van der Waals surface area (Å²) in [6.07, 6.45) is 0.265. The van der Waals surface area contributed by atoms with E-state index in [0.717, 1.165) is 15.9 Å². The van der Waals surface area contributed by atoms with Crippen molar-refractivity contribution >= 4 is 27.5 Å². The van der Waals surface area contributed by atoms with E-state index in [0.29, 0.717) is 17.8 Å². The van der Waals surface area contributed by atoms with Gasteiger partial charge in [-0.3, -0.25) is 9.48 Å². The minimum absolute atomic E-state index is 0.0112. The number of benzene rings is 1. The van der Waals surface area contributed by atoms with Gasteiger partial charge in [-0.1, -0.05) is 44.2 Å². The van der Waals surface area contributed by atoms with Crippen LogP contribution in [0.5, 0.6) is 0 Å². The number of hydrogen-bond acceptors (Lipinski definition) is 4. The van der Waals surface area contributed by atoms with E-state index in [2.05, 4.69) is 22.5 Å². The van der Waals surface area contributed by atoms with Crippen molar-refractivity contribution in [1.82, 2.24) is 15.1 Å². The minimum atomic E-state index is -0.350. The quantitative estimate of drug-likeness (QED) is 0.741. The molecule has 3 aromatic rings. The summed E-state index contributed by atoms with van der Waals surface area (Å²) in [6, 6.07) is 12.1. The van der Waals surface area contributed by atoms with Crippen LogP contribution >= 0.6 is 11.3 Å². The number of nitrogens with zero attached hydrogens (tertiary/aromatic N) is 2. The largest absolute Gasteiger partial charge is 0.392 e. The zero-order valence-electron chi connectivity index (χ0n) is 15.2. The summed E-state index contributed by atoms with van der Waals surface area (Å²) in [5.74, 6) is -0.0677. The number of rotatable bonds is 4. The molecule has 136 valence electrons. The predicted molar refractivity (Wildman–Crippen MR) is 104 cm³/mol. The van der Waals surface area contributed by atoms with Crippen molar-refractivity contribution in [2.75, 3.05) is 0 Å². The van der Waals surface area contributed by atoms with E-state index in [1.807, 2.05) is 49.7 Å². The number of aliphatic hydroxyl groups is 1. The van der Waals surface area contributed by atoms with Crippen LogP contribution in [0.2, 0.25) is 0 Å². The van der Waals surface area contributed by atoms with Gasteiger partial charge in [-0.2, -0.15) is 5.10 Å². The zero-order chi connectivity index (χ0) is 18.5. The van der Waals surface area contributed by atoms with Gasteiger partial charge in [-0.05, 0) is 25.0 Å². The summed E-state index contributed by atoms with van der Waals surface area (Å²) in [6.45, 7) is 6.63. The second kappa shape index (κ2) is 6.21. The third kappa shape index (κ3) is 2.83. The van der Waals surface area contributed by atoms with Crippen LogP contribution in [0.3, 0.4) is 0 Å². The molecule has 2 unspecified atom stereocenters. The number of hydrogen-bond donors (Lipinski definition) is 2. The molecule has 1 amide bonds. The molecule has 1 aromatic carbocycles. The molecule has 1 fully saturated rings. The van der Waals surface area contributed by atoms with E-state index < -0.39 is 0 Å². The SMILES string of the molecule is Cc1nn(Cc2ccccc2)c2sc(C(=O)NC3CC(O)C3(C)C)cc12. The summed E-state index contributed by atoms with van der Waals surface area (Å²) in [4.78, 5) is 14.4. The van der Waals surface area contributed by atoms with Gasteiger partial charge in [-0.15, -0.1) is 11.3 Å². The second-order valence-corrected chi connectivity index (χ2v) is 8.69. The first kappa shape index (κ1) is 17.2. The third-order valence-corrected chi connectivity index (χ3v) is 6.67. The number of amides is 1. The first-order valence-electron chi connectivity index (χ1n) is 8.86. The summed E-state index contributed by atoms with van der Waals surface area (Å²) < 4.78 is 1.97. The Labute approximate surface area is 156 Å². The molecule has 2 N–H and O–H groups in total. The highest BCUT2D eigenvalue weighted by molar-refractivity contribution is 7.20. The van der Waals surface area contributed by atoms with Gasteiger partial charge >= 0.3 is 0 Å². The van der Waals surface area contributed by atoms with Crippen molar-refractivity contribution in [2.24, 2.45) is 5.41 Å². The van der Waals surface area contributed by atoms with E-state index in [4.69, 9.17) is 0 Å². The van der Waals surface area contributed by atoms with Crippen LogP contribution in [0, 0.1) is 12.3 Å². The molecular weight excluding hydrogens is 346 g/mol. The first-order valence-corrected chi connectivity index (χ1v) is 9.67. The van der Waals surface area contributed by atoms with E-state index in [9.17, 15) is 9.90 Å². The second-order valence-electron chi connectivity index (χ2n) is 7.66. The van der Waals surface area contributed by atoms with Crippen molar-refractivity contribution in [3.63, 3.8) is 0 Å². The van der Waals surface area contributed by atoms with E-state index in [-0.39, 0.29) is 23.5 Å². The van der Waals surface area contributed by atoms with Crippen molar-refractivity contribution in [1.29, 1.82) is 0 Å². The lowest BCUT2D eigenvalue weighted by molar-refractivity contribution is -0.0689. The monoisotopic (exact) mass is 369 g/mol. The molecule has 0 spiro atoms. The highest BCUT2D eigenvalue weighted by atomic mass is 32.1. The number of aliphatic hydroxyl groups excluding tert-OH is 1. The van der Waals surface area contributed by atoms with Crippen molar-refractivity contribution < 1.29 is 9.90 Å². The zero-order valence-corrected chi connectivity index (χ0v) is 16.0. The number of thiophene rings is 1. The van der Waals surface area contributed by atoms with E-state index in [1.165, 1.54) is 16.9 Å². The Morgan fingerprint density at radius 3 is 2.77 bits per heavy atom. The Balaban J connectivity index is 1.58. The maximum absolute atomic E-state index is 12.7. The molecule has 1 saturated carbocycles. The number of carbonyl (C=O) groups excluding carboxylic acids is 1. The van der Waals surface area contributed by atoms with Gasteiger partial charge < -0.3 is 10.4 Å². The molecule has 2 aromatic heterocycles. The Morgan fingerprint density at radius 2 is 2.12 bits per heavy atom. The van der Waals surface area contributed by atoms with Crippen molar-refractivity contribution in [3.05, 3.63) is 52.5 Å². The van der Waals surface area contributed by atoms with Gasteiger partial charge in [0.15, 0.2) is 0 Å². The van der Waals surface area contributed by atoms with Crippen LogP contribution in [0.25, 0.3) is 10.2 Å². The number of aromatic nitrogens is 2. The van der Waals surface area contributed by atoms with E-state index in [1.54, 1.807) is 0 Å². The van der Waals surface area contributed by atoms with Gasteiger partial charge in [0, 0.05) is 16.8 Å². The Morgan fingerprint density at radius 1 is 1.38 bits per heavy atom.